The van der Waals surface area contributed by atoms with Crippen LogP contribution in [0, 0.1) is 5.82 Å². The van der Waals surface area contributed by atoms with Gasteiger partial charge in [0.1, 0.15) is 5.82 Å². The molecule has 1 heterocycles. The number of hydrogen-bond donors (Lipinski definition) is 1. The first-order chi connectivity index (χ1) is 12.7. The number of hydrogen-bond acceptors (Lipinski definition) is 4. The van der Waals surface area contributed by atoms with Crippen LogP contribution in [0.4, 0.5) is 15.8 Å². The van der Waals surface area contributed by atoms with Crippen molar-refractivity contribution >= 4 is 27.3 Å². The first kappa shape index (κ1) is 19.3. The van der Waals surface area contributed by atoms with Gasteiger partial charge in [0.15, 0.2) is 0 Å². The Kier molecular flexibility index (Phi) is 5.21. The molecule has 1 aliphatic rings. The SMILES string of the molecule is CCN(CC(=O)N1c2ccc(S(N)(=O)=O)cc2C[C@H]1C)c1ccc(F)cc1. The summed E-state index contributed by atoms with van der Waals surface area (Å²) in [7, 11) is -3.78. The summed E-state index contributed by atoms with van der Waals surface area (Å²) in [5, 5.41) is 5.20. The van der Waals surface area contributed by atoms with Crippen molar-refractivity contribution in [3.63, 3.8) is 0 Å². The number of amides is 1. The highest BCUT2D eigenvalue weighted by Crippen LogP contribution is 2.34. The average molecular weight is 391 g/mol. The zero-order valence-electron chi connectivity index (χ0n) is 15.2. The number of sulfonamides is 1. The molecular formula is C19H22FN3O3S. The predicted molar refractivity (Wildman–Crippen MR) is 103 cm³/mol. The van der Waals surface area contributed by atoms with E-state index in [4.69, 9.17) is 5.14 Å². The zero-order chi connectivity index (χ0) is 19.8. The minimum Gasteiger partial charge on any atom is -0.362 e. The number of anilines is 2. The number of likely N-dealkylation sites (N-methyl/N-ethyl adjacent to an activating group) is 1. The summed E-state index contributed by atoms with van der Waals surface area (Å²) >= 11 is 0. The second kappa shape index (κ2) is 7.28. The van der Waals surface area contributed by atoms with Gasteiger partial charge in [0.25, 0.3) is 0 Å². The van der Waals surface area contributed by atoms with E-state index in [1.54, 1.807) is 23.1 Å². The van der Waals surface area contributed by atoms with Crippen LogP contribution in [0.3, 0.4) is 0 Å². The van der Waals surface area contributed by atoms with Crippen molar-refractivity contribution < 1.29 is 17.6 Å². The van der Waals surface area contributed by atoms with Gasteiger partial charge in [-0.05, 0) is 68.3 Å². The number of nitrogens with zero attached hydrogens (tertiary/aromatic N) is 2. The molecule has 0 aliphatic carbocycles. The molecule has 0 unspecified atom stereocenters. The Morgan fingerprint density at radius 2 is 1.93 bits per heavy atom. The largest absolute Gasteiger partial charge is 0.362 e. The number of nitrogens with two attached hydrogens (primary N) is 1. The fourth-order valence-corrected chi connectivity index (χ4v) is 4.01. The molecule has 0 aromatic heterocycles. The third-order valence-electron chi connectivity index (χ3n) is 4.76. The molecule has 1 amide bonds. The smallest absolute Gasteiger partial charge is 0.246 e. The summed E-state index contributed by atoms with van der Waals surface area (Å²) < 4.78 is 36.3. The van der Waals surface area contributed by atoms with Crippen LogP contribution in [0.25, 0.3) is 0 Å². The van der Waals surface area contributed by atoms with Gasteiger partial charge in [0.05, 0.1) is 11.4 Å². The maximum Gasteiger partial charge on any atom is 0.246 e. The van der Waals surface area contributed by atoms with E-state index in [0.717, 1.165) is 11.3 Å². The number of primary sulfonamides is 1. The normalized spacial score (nSPS) is 16.3. The Balaban J connectivity index is 1.84. The van der Waals surface area contributed by atoms with Crippen LogP contribution < -0.4 is 14.9 Å². The van der Waals surface area contributed by atoms with Crippen molar-refractivity contribution in [1.82, 2.24) is 0 Å². The van der Waals surface area contributed by atoms with Gasteiger partial charge >= 0.3 is 0 Å². The van der Waals surface area contributed by atoms with Crippen LogP contribution in [-0.4, -0.2) is 33.5 Å². The van der Waals surface area contributed by atoms with Crippen molar-refractivity contribution in [2.75, 3.05) is 22.9 Å². The lowest BCUT2D eigenvalue weighted by Crippen LogP contribution is -2.43. The Bertz CT molecular complexity index is 961. The molecule has 3 rings (SSSR count). The Labute approximate surface area is 158 Å². The van der Waals surface area contributed by atoms with Crippen LogP contribution in [0.5, 0.6) is 0 Å². The molecule has 2 N–H and O–H groups in total. The van der Waals surface area contributed by atoms with E-state index >= 15 is 0 Å². The van der Waals surface area contributed by atoms with Crippen LogP contribution in [0.1, 0.15) is 19.4 Å². The van der Waals surface area contributed by atoms with Gasteiger partial charge in [-0.3, -0.25) is 4.79 Å². The second-order valence-corrected chi connectivity index (χ2v) is 8.20. The molecule has 8 heteroatoms. The number of fused-ring (bicyclic) bond motifs is 1. The molecule has 1 atom stereocenters. The Hall–Kier alpha value is -2.45. The lowest BCUT2D eigenvalue weighted by atomic mass is 10.1. The zero-order valence-corrected chi connectivity index (χ0v) is 16.0. The van der Waals surface area contributed by atoms with Crippen molar-refractivity contribution in [3.05, 3.63) is 53.8 Å². The fourth-order valence-electron chi connectivity index (χ4n) is 3.44. The molecule has 2 aromatic carbocycles. The van der Waals surface area contributed by atoms with Crippen molar-refractivity contribution in [2.45, 2.75) is 31.2 Å². The lowest BCUT2D eigenvalue weighted by Gasteiger charge is -2.28. The molecule has 1 aliphatic heterocycles. The van der Waals surface area contributed by atoms with Crippen molar-refractivity contribution in [1.29, 1.82) is 0 Å². The van der Waals surface area contributed by atoms with Crippen molar-refractivity contribution in [2.24, 2.45) is 5.14 Å². The fraction of sp³-hybridized carbons (Fsp3) is 0.316. The molecule has 0 saturated heterocycles. The summed E-state index contributed by atoms with van der Waals surface area (Å²) in [5.74, 6) is -0.426. The maximum absolute atomic E-state index is 13.1. The summed E-state index contributed by atoms with van der Waals surface area (Å²) in [5.41, 5.74) is 2.26. The van der Waals surface area contributed by atoms with E-state index in [1.165, 1.54) is 24.3 Å². The second-order valence-electron chi connectivity index (χ2n) is 6.64. The first-order valence-corrected chi connectivity index (χ1v) is 10.2. The number of benzene rings is 2. The van der Waals surface area contributed by atoms with Crippen LogP contribution >= 0.6 is 0 Å². The van der Waals surface area contributed by atoms with Crippen molar-refractivity contribution in [3.8, 4) is 0 Å². The standard InChI is InChI=1S/C19H22FN3O3S/c1-3-22(16-6-4-15(20)5-7-16)12-19(24)23-13(2)10-14-11-17(27(21,25)26)8-9-18(14)23/h4-9,11,13H,3,10,12H2,1-2H3,(H2,21,25,26)/t13-/m1/s1. The molecule has 0 bridgehead atoms. The Morgan fingerprint density at radius 1 is 1.26 bits per heavy atom. The summed E-state index contributed by atoms with van der Waals surface area (Å²) in [6.45, 7) is 4.58. The highest BCUT2D eigenvalue weighted by atomic mass is 32.2. The Morgan fingerprint density at radius 3 is 2.52 bits per heavy atom. The van der Waals surface area contributed by atoms with E-state index in [1.807, 2.05) is 18.7 Å². The first-order valence-electron chi connectivity index (χ1n) is 8.69. The molecule has 144 valence electrons. The minimum absolute atomic E-state index is 0.0456. The van der Waals surface area contributed by atoms with E-state index in [-0.39, 0.29) is 29.2 Å². The van der Waals surface area contributed by atoms with Gasteiger partial charge in [-0.1, -0.05) is 0 Å². The number of carbonyl (C=O) groups is 1. The van der Waals surface area contributed by atoms with Gasteiger partial charge in [0.2, 0.25) is 15.9 Å². The van der Waals surface area contributed by atoms with Gasteiger partial charge in [-0.15, -0.1) is 0 Å². The third-order valence-corrected chi connectivity index (χ3v) is 5.67. The molecule has 2 aromatic rings. The van der Waals surface area contributed by atoms with Crippen LogP contribution in [0.15, 0.2) is 47.4 Å². The minimum atomic E-state index is -3.78. The summed E-state index contributed by atoms with van der Waals surface area (Å²) in [4.78, 5) is 16.6. The van der Waals surface area contributed by atoms with Gasteiger partial charge < -0.3 is 9.80 Å². The molecule has 0 radical (unpaired) electrons. The highest BCUT2D eigenvalue weighted by molar-refractivity contribution is 7.89. The summed E-state index contributed by atoms with van der Waals surface area (Å²) in [6.07, 6.45) is 0.563. The van der Waals surface area contributed by atoms with Gasteiger partial charge in [0, 0.05) is 24.0 Å². The van der Waals surface area contributed by atoms with E-state index < -0.39 is 10.0 Å². The number of carbonyl (C=O) groups excluding carboxylic acids is 1. The molecule has 0 saturated carbocycles. The summed E-state index contributed by atoms with van der Waals surface area (Å²) in [6, 6.07) is 10.5. The van der Waals surface area contributed by atoms with E-state index in [2.05, 4.69) is 0 Å². The molecular weight excluding hydrogens is 369 g/mol. The predicted octanol–water partition coefficient (Wildman–Crippen LogP) is 2.28. The van der Waals surface area contributed by atoms with E-state index in [0.29, 0.717) is 18.7 Å². The molecule has 0 fully saturated rings. The molecule has 0 spiro atoms. The molecule has 6 nitrogen and oxygen atoms in total. The topological polar surface area (TPSA) is 83.7 Å². The van der Waals surface area contributed by atoms with Gasteiger partial charge in [-0.25, -0.2) is 17.9 Å². The average Bonchev–Trinajstić information content (AvgIpc) is 2.94. The quantitative estimate of drug-likeness (QED) is 0.848. The maximum atomic E-state index is 13.1. The van der Waals surface area contributed by atoms with E-state index in [9.17, 15) is 17.6 Å². The van der Waals surface area contributed by atoms with Gasteiger partial charge in [-0.2, -0.15) is 0 Å². The van der Waals surface area contributed by atoms with Crippen LogP contribution in [-0.2, 0) is 21.2 Å². The lowest BCUT2D eigenvalue weighted by molar-refractivity contribution is -0.117. The third kappa shape index (κ3) is 3.96. The highest BCUT2D eigenvalue weighted by Gasteiger charge is 2.32. The number of halogens is 1. The van der Waals surface area contributed by atoms with Crippen LogP contribution in [0.2, 0.25) is 0 Å². The molecule has 27 heavy (non-hydrogen) atoms. The monoisotopic (exact) mass is 391 g/mol. The number of rotatable bonds is 5.